The van der Waals surface area contributed by atoms with Crippen molar-refractivity contribution in [2.45, 2.75) is 37.6 Å². The van der Waals surface area contributed by atoms with Gasteiger partial charge in [-0.25, -0.2) is 0 Å². The summed E-state index contributed by atoms with van der Waals surface area (Å²) < 4.78 is 0. The summed E-state index contributed by atoms with van der Waals surface area (Å²) >= 11 is 0. The van der Waals surface area contributed by atoms with E-state index >= 15 is 0 Å². The molecule has 0 bridgehead atoms. The number of hydrogen-bond donors (Lipinski definition) is 1. The molecule has 1 saturated carbocycles. The molecule has 1 aromatic rings. The van der Waals surface area contributed by atoms with E-state index in [0.29, 0.717) is 0 Å². The lowest BCUT2D eigenvalue weighted by molar-refractivity contribution is 0.327. The molecule has 74 valence electrons. The summed E-state index contributed by atoms with van der Waals surface area (Å²) in [6.45, 7) is 1.20. The van der Waals surface area contributed by atoms with E-state index in [1.54, 1.807) is 11.1 Å². The van der Waals surface area contributed by atoms with Gasteiger partial charge >= 0.3 is 0 Å². The quantitative estimate of drug-likeness (QED) is 0.766. The molecule has 1 unspecified atom stereocenters. The minimum Gasteiger partial charge on any atom is -0.313 e. The van der Waals surface area contributed by atoms with Gasteiger partial charge < -0.3 is 5.32 Å². The lowest BCUT2D eigenvalue weighted by atomic mass is 9.77. The third-order valence-corrected chi connectivity index (χ3v) is 3.72. The minimum absolute atomic E-state index is 0.798. The van der Waals surface area contributed by atoms with Crippen LogP contribution in [-0.4, -0.2) is 12.6 Å². The van der Waals surface area contributed by atoms with Gasteiger partial charge in [0.2, 0.25) is 0 Å². The molecular formula is C13H17N. The van der Waals surface area contributed by atoms with E-state index in [9.17, 15) is 0 Å². The summed E-state index contributed by atoms with van der Waals surface area (Å²) in [4.78, 5) is 0. The Morgan fingerprint density at radius 3 is 2.79 bits per heavy atom. The topological polar surface area (TPSA) is 12.0 Å². The molecule has 1 aromatic carbocycles. The fourth-order valence-electron chi connectivity index (χ4n) is 2.47. The second-order valence-corrected chi connectivity index (χ2v) is 4.64. The van der Waals surface area contributed by atoms with Crippen LogP contribution in [0, 0.1) is 0 Å². The molecule has 1 nitrogen and oxygen atoms in total. The SMILES string of the molecule is c1ccc2c(c1)CC2CNC1CCC1. The monoisotopic (exact) mass is 187 g/mol. The predicted molar refractivity (Wildman–Crippen MR) is 58.5 cm³/mol. The molecule has 1 N–H and O–H groups in total. The third kappa shape index (κ3) is 1.36. The van der Waals surface area contributed by atoms with Crippen molar-refractivity contribution in [2.24, 2.45) is 0 Å². The van der Waals surface area contributed by atoms with Gasteiger partial charge in [0.1, 0.15) is 0 Å². The smallest absolute Gasteiger partial charge is 0.00673 e. The first kappa shape index (κ1) is 8.49. The van der Waals surface area contributed by atoms with E-state index in [-0.39, 0.29) is 0 Å². The Balaban J connectivity index is 1.57. The van der Waals surface area contributed by atoms with Crippen molar-refractivity contribution in [2.75, 3.05) is 6.54 Å². The number of nitrogens with one attached hydrogen (secondary N) is 1. The van der Waals surface area contributed by atoms with Crippen molar-refractivity contribution < 1.29 is 0 Å². The highest BCUT2D eigenvalue weighted by Gasteiger charge is 2.26. The van der Waals surface area contributed by atoms with E-state index in [1.165, 1.54) is 32.2 Å². The molecular weight excluding hydrogens is 170 g/mol. The molecule has 1 heteroatoms. The van der Waals surface area contributed by atoms with Crippen molar-refractivity contribution in [3.8, 4) is 0 Å². The summed E-state index contributed by atoms with van der Waals surface area (Å²) in [7, 11) is 0. The first-order valence-corrected chi connectivity index (χ1v) is 5.74. The second kappa shape index (κ2) is 3.39. The zero-order valence-electron chi connectivity index (χ0n) is 8.50. The number of hydrogen-bond acceptors (Lipinski definition) is 1. The van der Waals surface area contributed by atoms with Crippen LogP contribution >= 0.6 is 0 Å². The van der Waals surface area contributed by atoms with Crippen molar-refractivity contribution in [1.82, 2.24) is 5.32 Å². The van der Waals surface area contributed by atoms with E-state index < -0.39 is 0 Å². The van der Waals surface area contributed by atoms with Crippen LogP contribution in [-0.2, 0) is 6.42 Å². The molecule has 3 rings (SSSR count). The van der Waals surface area contributed by atoms with Gasteiger partial charge in [0.15, 0.2) is 0 Å². The normalized spacial score (nSPS) is 25.0. The second-order valence-electron chi connectivity index (χ2n) is 4.64. The van der Waals surface area contributed by atoms with Crippen molar-refractivity contribution in [3.63, 3.8) is 0 Å². The van der Waals surface area contributed by atoms with Crippen molar-refractivity contribution in [3.05, 3.63) is 35.4 Å². The van der Waals surface area contributed by atoms with Gasteiger partial charge in [0, 0.05) is 18.5 Å². The highest BCUT2D eigenvalue weighted by molar-refractivity contribution is 5.40. The zero-order chi connectivity index (χ0) is 9.38. The van der Waals surface area contributed by atoms with Gasteiger partial charge in [-0.3, -0.25) is 0 Å². The predicted octanol–water partition coefficient (Wildman–Crippen LogP) is 2.47. The summed E-state index contributed by atoms with van der Waals surface area (Å²) in [5.41, 5.74) is 3.15. The van der Waals surface area contributed by atoms with Gasteiger partial charge in [0.05, 0.1) is 0 Å². The van der Waals surface area contributed by atoms with Gasteiger partial charge in [-0.05, 0) is 30.4 Å². The van der Waals surface area contributed by atoms with Crippen LogP contribution in [0.15, 0.2) is 24.3 Å². The van der Waals surface area contributed by atoms with Crippen molar-refractivity contribution >= 4 is 0 Å². The van der Waals surface area contributed by atoms with Crippen LogP contribution in [0.4, 0.5) is 0 Å². The Hall–Kier alpha value is -0.820. The summed E-state index contributed by atoms with van der Waals surface area (Å²) in [5, 5.41) is 3.66. The lowest BCUT2D eigenvalue weighted by Gasteiger charge is -2.34. The molecule has 0 amide bonds. The lowest BCUT2D eigenvalue weighted by Crippen LogP contribution is -2.39. The highest BCUT2D eigenvalue weighted by Crippen LogP contribution is 2.34. The molecule has 2 aliphatic carbocycles. The summed E-state index contributed by atoms with van der Waals surface area (Å²) in [6, 6.07) is 9.69. The van der Waals surface area contributed by atoms with Gasteiger partial charge in [-0.1, -0.05) is 30.7 Å². The van der Waals surface area contributed by atoms with Crippen LogP contribution < -0.4 is 5.32 Å². The summed E-state index contributed by atoms with van der Waals surface area (Å²) in [6.07, 6.45) is 5.51. The number of benzene rings is 1. The molecule has 0 heterocycles. The number of rotatable bonds is 3. The molecule has 0 aliphatic heterocycles. The zero-order valence-corrected chi connectivity index (χ0v) is 8.50. The Labute approximate surface area is 85.5 Å². The Bertz CT molecular complexity index is 328. The highest BCUT2D eigenvalue weighted by atomic mass is 14.9. The molecule has 1 atom stereocenters. The first-order valence-electron chi connectivity index (χ1n) is 5.74. The van der Waals surface area contributed by atoms with Crippen molar-refractivity contribution in [1.29, 1.82) is 0 Å². The van der Waals surface area contributed by atoms with Crippen LogP contribution in [0.3, 0.4) is 0 Å². The van der Waals surface area contributed by atoms with Crippen LogP contribution in [0.2, 0.25) is 0 Å². The van der Waals surface area contributed by atoms with Crippen LogP contribution in [0.25, 0.3) is 0 Å². The Morgan fingerprint density at radius 2 is 2.07 bits per heavy atom. The maximum absolute atomic E-state index is 3.66. The Kier molecular flexibility index (Phi) is 2.06. The molecule has 0 radical (unpaired) electrons. The summed E-state index contributed by atoms with van der Waals surface area (Å²) in [5.74, 6) is 0.798. The molecule has 0 aromatic heterocycles. The Morgan fingerprint density at radius 1 is 1.21 bits per heavy atom. The average Bonchev–Trinajstić information content (AvgIpc) is 2.10. The fraction of sp³-hybridized carbons (Fsp3) is 0.538. The third-order valence-electron chi connectivity index (χ3n) is 3.72. The minimum atomic E-state index is 0.798. The molecule has 0 saturated heterocycles. The maximum atomic E-state index is 3.66. The molecule has 14 heavy (non-hydrogen) atoms. The molecule has 0 spiro atoms. The van der Waals surface area contributed by atoms with Gasteiger partial charge in [0.25, 0.3) is 0 Å². The standard InChI is InChI=1S/C13H17N/c1-2-7-13-10(4-1)8-11(13)9-14-12-5-3-6-12/h1-2,4,7,11-12,14H,3,5-6,8-9H2. The van der Waals surface area contributed by atoms with E-state index in [4.69, 9.17) is 0 Å². The van der Waals surface area contributed by atoms with Gasteiger partial charge in [-0.15, -0.1) is 0 Å². The van der Waals surface area contributed by atoms with Gasteiger partial charge in [-0.2, -0.15) is 0 Å². The van der Waals surface area contributed by atoms with E-state index in [2.05, 4.69) is 29.6 Å². The van der Waals surface area contributed by atoms with E-state index in [0.717, 1.165) is 12.0 Å². The van der Waals surface area contributed by atoms with Crippen LogP contribution in [0.1, 0.15) is 36.3 Å². The van der Waals surface area contributed by atoms with E-state index in [1.807, 2.05) is 0 Å². The first-order chi connectivity index (χ1) is 6.93. The maximum Gasteiger partial charge on any atom is 0.00673 e. The fourth-order valence-corrected chi connectivity index (χ4v) is 2.47. The molecule has 2 aliphatic rings. The molecule has 1 fully saturated rings. The largest absolute Gasteiger partial charge is 0.313 e. The average molecular weight is 187 g/mol. The van der Waals surface area contributed by atoms with Crippen LogP contribution in [0.5, 0.6) is 0 Å². The number of fused-ring (bicyclic) bond motifs is 1.